The summed E-state index contributed by atoms with van der Waals surface area (Å²) in [5.74, 6) is 2.39. The minimum Gasteiger partial charge on any atom is -0.497 e. The average Bonchev–Trinajstić information content (AvgIpc) is 3.30. The lowest BCUT2D eigenvalue weighted by Gasteiger charge is -2.14. The first-order valence-corrected chi connectivity index (χ1v) is 11.1. The number of hydrogen-bond acceptors (Lipinski definition) is 4. The zero-order chi connectivity index (χ0) is 23.5. The van der Waals surface area contributed by atoms with Gasteiger partial charge in [-0.3, -0.25) is 9.55 Å². The molecule has 0 amide bonds. The Morgan fingerprint density at radius 3 is 1.85 bits per heavy atom. The van der Waals surface area contributed by atoms with Gasteiger partial charge in [0.25, 0.3) is 0 Å². The van der Waals surface area contributed by atoms with Crippen molar-refractivity contribution in [3.63, 3.8) is 0 Å². The number of pyridine rings is 1. The highest BCUT2D eigenvalue weighted by Gasteiger charge is 2.23. The molecule has 0 bridgehead atoms. The van der Waals surface area contributed by atoms with Gasteiger partial charge in [-0.2, -0.15) is 0 Å². The largest absolute Gasteiger partial charge is 0.497 e. The molecule has 3 aromatic carbocycles. The molecule has 5 aromatic rings. The SMILES string of the molecule is COc1ccc(-c2nc(-c3ccccn3)n(-c3ccc(C)cc3)c2-c2ccc(OC)cc2)cc1. The van der Waals surface area contributed by atoms with Crippen LogP contribution >= 0.6 is 0 Å². The van der Waals surface area contributed by atoms with Crippen LogP contribution in [0.3, 0.4) is 0 Å². The first-order chi connectivity index (χ1) is 16.7. The maximum atomic E-state index is 5.40. The van der Waals surface area contributed by atoms with E-state index in [4.69, 9.17) is 14.5 Å². The Hall–Kier alpha value is -4.38. The first-order valence-electron chi connectivity index (χ1n) is 11.1. The molecule has 5 nitrogen and oxygen atoms in total. The average molecular weight is 448 g/mol. The number of benzene rings is 3. The van der Waals surface area contributed by atoms with Crippen molar-refractivity contribution in [3.05, 3.63) is 103 Å². The van der Waals surface area contributed by atoms with E-state index in [9.17, 15) is 0 Å². The van der Waals surface area contributed by atoms with Crippen LogP contribution < -0.4 is 9.47 Å². The van der Waals surface area contributed by atoms with E-state index in [0.717, 1.165) is 51.2 Å². The minimum atomic E-state index is 0.779. The summed E-state index contributed by atoms with van der Waals surface area (Å²) in [5, 5.41) is 0. The van der Waals surface area contributed by atoms with Crippen LogP contribution in [0.4, 0.5) is 0 Å². The molecule has 5 heteroatoms. The Kier molecular flexibility index (Phi) is 5.83. The van der Waals surface area contributed by atoms with Crippen molar-refractivity contribution in [2.24, 2.45) is 0 Å². The van der Waals surface area contributed by atoms with E-state index in [-0.39, 0.29) is 0 Å². The smallest absolute Gasteiger partial charge is 0.164 e. The fourth-order valence-corrected chi connectivity index (χ4v) is 4.00. The van der Waals surface area contributed by atoms with E-state index in [0.29, 0.717) is 0 Å². The van der Waals surface area contributed by atoms with Gasteiger partial charge in [0.2, 0.25) is 0 Å². The third-order valence-corrected chi connectivity index (χ3v) is 5.79. The summed E-state index contributed by atoms with van der Waals surface area (Å²) in [5.41, 5.74) is 6.90. The normalized spacial score (nSPS) is 10.8. The van der Waals surface area contributed by atoms with E-state index in [1.165, 1.54) is 5.56 Å². The summed E-state index contributed by atoms with van der Waals surface area (Å²) in [6.07, 6.45) is 1.80. The van der Waals surface area contributed by atoms with Crippen LogP contribution in [0.15, 0.2) is 97.2 Å². The zero-order valence-corrected chi connectivity index (χ0v) is 19.4. The van der Waals surface area contributed by atoms with Gasteiger partial charge in [0.1, 0.15) is 17.2 Å². The maximum Gasteiger partial charge on any atom is 0.164 e. The molecule has 0 radical (unpaired) electrons. The molecule has 168 valence electrons. The molecule has 0 saturated heterocycles. The second-order valence-corrected chi connectivity index (χ2v) is 7.98. The van der Waals surface area contributed by atoms with Gasteiger partial charge in [0.15, 0.2) is 5.82 Å². The summed E-state index contributed by atoms with van der Waals surface area (Å²) in [6.45, 7) is 2.09. The molecule has 34 heavy (non-hydrogen) atoms. The highest BCUT2D eigenvalue weighted by Crippen LogP contribution is 2.39. The van der Waals surface area contributed by atoms with Crippen LogP contribution in [0.25, 0.3) is 39.7 Å². The van der Waals surface area contributed by atoms with Gasteiger partial charge < -0.3 is 9.47 Å². The van der Waals surface area contributed by atoms with Gasteiger partial charge in [0.05, 0.1) is 25.6 Å². The molecule has 0 saturated carbocycles. The molecule has 0 atom stereocenters. The molecule has 2 heterocycles. The standard InChI is InChI=1S/C29H25N3O2/c1-20-7-13-23(14-8-20)32-28(22-11-17-25(34-3)18-12-22)27(21-9-15-24(33-2)16-10-21)31-29(32)26-6-4-5-19-30-26/h4-19H,1-3H3. The van der Waals surface area contributed by atoms with Crippen LogP contribution in [0.1, 0.15) is 5.56 Å². The molecule has 2 aromatic heterocycles. The van der Waals surface area contributed by atoms with Gasteiger partial charge in [-0.1, -0.05) is 23.8 Å². The van der Waals surface area contributed by atoms with Crippen LogP contribution in [0.5, 0.6) is 11.5 Å². The lowest BCUT2D eigenvalue weighted by molar-refractivity contribution is 0.414. The van der Waals surface area contributed by atoms with Crippen molar-refractivity contribution < 1.29 is 9.47 Å². The molecule has 0 spiro atoms. The van der Waals surface area contributed by atoms with Crippen molar-refractivity contribution in [2.45, 2.75) is 6.92 Å². The van der Waals surface area contributed by atoms with Gasteiger partial charge in [-0.15, -0.1) is 0 Å². The van der Waals surface area contributed by atoms with E-state index in [1.54, 1.807) is 20.4 Å². The highest BCUT2D eigenvalue weighted by molar-refractivity contribution is 5.84. The summed E-state index contributed by atoms with van der Waals surface area (Å²) in [7, 11) is 3.34. The van der Waals surface area contributed by atoms with Crippen LogP contribution in [-0.4, -0.2) is 28.8 Å². The molecule has 5 rings (SSSR count). The Morgan fingerprint density at radius 2 is 1.29 bits per heavy atom. The van der Waals surface area contributed by atoms with Gasteiger partial charge in [-0.05, 0) is 79.7 Å². The fraction of sp³-hybridized carbons (Fsp3) is 0.103. The molecule has 0 unspecified atom stereocenters. The lowest BCUT2D eigenvalue weighted by atomic mass is 10.0. The van der Waals surface area contributed by atoms with E-state index < -0.39 is 0 Å². The summed E-state index contributed by atoms with van der Waals surface area (Å²) in [6, 6.07) is 30.4. The summed E-state index contributed by atoms with van der Waals surface area (Å²) >= 11 is 0. The van der Waals surface area contributed by atoms with Crippen LogP contribution in [0.2, 0.25) is 0 Å². The van der Waals surface area contributed by atoms with Crippen molar-refractivity contribution in [3.8, 4) is 51.2 Å². The molecule has 0 aliphatic heterocycles. The quantitative estimate of drug-likeness (QED) is 0.294. The molecule has 0 fully saturated rings. The monoisotopic (exact) mass is 447 g/mol. The zero-order valence-electron chi connectivity index (χ0n) is 19.4. The highest BCUT2D eigenvalue weighted by atomic mass is 16.5. The van der Waals surface area contributed by atoms with E-state index >= 15 is 0 Å². The number of imidazole rings is 1. The van der Waals surface area contributed by atoms with Crippen molar-refractivity contribution in [1.82, 2.24) is 14.5 Å². The molecule has 0 N–H and O–H groups in total. The summed E-state index contributed by atoms with van der Waals surface area (Å²) < 4.78 is 13.0. The number of ether oxygens (including phenoxy) is 2. The predicted octanol–water partition coefficient (Wildman–Crippen LogP) is 6.59. The maximum absolute atomic E-state index is 5.40. The molecular formula is C29H25N3O2. The van der Waals surface area contributed by atoms with Crippen LogP contribution in [0, 0.1) is 6.92 Å². The van der Waals surface area contributed by atoms with Crippen molar-refractivity contribution in [2.75, 3.05) is 14.2 Å². The first kappa shape index (κ1) is 21.5. The number of aryl methyl sites for hydroxylation is 1. The second-order valence-electron chi connectivity index (χ2n) is 7.98. The Labute approximate surface area is 199 Å². The minimum absolute atomic E-state index is 0.779. The lowest BCUT2D eigenvalue weighted by Crippen LogP contribution is -2.01. The number of rotatable bonds is 6. The second kappa shape index (κ2) is 9.24. The van der Waals surface area contributed by atoms with Gasteiger partial charge >= 0.3 is 0 Å². The van der Waals surface area contributed by atoms with Gasteiger partial charge in [-0.25, -0.2) is 4.98 Å². The number of nitrogens with zero attached hydrogens (tertiary/aromatic N) is 3. The molecular weight excluding hydrogens is 422 g/mol. The van der Waals surface area contributed by atoms with E-state index in [1.807, 2.05) is 54.6 Å². The van der Waals surface area contributed by atoms with E-state index in [2.05, 4.69) is 52.9 Å². The molecule has 0 aliphatic rings. The summed E-state index contributed by atoms with van der Waals surface area (Å²) in [4.78, 5) is 9.78. The third kappa shape index (κ3) is 4.04. The number of hydrogen-bond donors (Lipinski definition) is 0. The predicted molar refractivity (Wildman–Crippen MR) is 136 cm³/mol. The topological polar surface area (TPSA) is 49.2 Å². The van der Waals surface area contributed by atoms with Crippen molar-refractivity contribution in [1.29, 1.82) is 0 Å². The Balaban J connectivity index is 1.83. The Bertz CT molecular complexity index is 1390. The molecule has 0 aliphatic carbocycles. The fourth-order valence-electron chi connectivity index (χ4n) is 4.00. The third-order valence-electron chi connectivity index (χ3n) is 5.79. The Morgan fingerprint density at radius 1 is 0.676 bits per heavy atom. The van der Waals surface area contributed by atoms with Crippen LogP contribution in [-0.2, 0) is 0 Å². The number of aromatic nitrogens is 3. The number of methoxy groups -OCH3 is 2. The van der Waals surface area contributed by atoms with Crippen molar-refractivity contribution >= 4 is 0 Å². The van der Waals surface area contributed by atoms with Gasteiger partial charge in [0, 0.05) is 23.0 Å².